The molecule has 2 aromatic rings. The van der Waals surface area contributed by atoms with E-state index in [1.807, 2.05) is 25.1 Å². The Kier molecular flexibility index (Phi) is 3.87. The minimum Gasteiger partial charge on any atom is -0.459 e. The van der Waals surface area contributed by atoms with Crippen molar-refractivity contribution in [2.24, 2.45) is 0 Å². The van der Waals surface area contributed by atoms with E-state index in [9.17, 15) is 4.79 Å². The molecule has 0 spiro atoms. The lowest BCUT2D eigenvalue weighted by Gasteiger charge is -2.09. The van der Waals surface area contributed by atoms with E-state index in [-0.39, 0.29) is 5.91 Å². The zero-order chi connectivity index (χ0) is 13.1. The van der Waals surface area contributed by atoms with Gasteiger partial charge in [-0.1, -0.05) is 22.9 Å². The van der Waals surface area contributed by atoms with Crippen LogP contribution in [0, 0.1) is 6.92 Å². The van der Waals surface area contributed by atoms with E-state index < -0.39 is 0 Å². The molecule has 4 heteroatoms. The zero-order valence-corrected chi connectivity index (χ0v) is 11.9. The van der Waals surface area contributed by atoms with E-state index in [4.69, 9.17) is 4.42 Å². The third kappa shape index (κ3) is 2.64. The summed E-state index contributed by atoms with van der Waals surface area (Å²) in [5.74, 6) is 0.148. The summed E-state index contributed by atoms with van der Waals surface area (Å²) in [5, 5.41) is 2.88. The number of nitrogens with one attached hydrogen (secondary N) is 1. The summed E-state index contributed by atoms with van der Waals surface area (Å²) in [7, 11) is 0. The fourth-order valence-electron chi connectivity index (χ4n) is 1.76. The Bertz CT molecular complexity index is 575. The molecular weight excluding hydrogens is 294 g/mol. The van der Waals surface area contributed by atoms with Gasteiger partial charge in [0.05, 0.1) is 6.26 Å². The maximum Gasteiger partial charge on any atom is 0.291 e. The molecule has 0 saturated carbocycles. The molecular formula is C14H14BrNO2. The first-order chi connectivity index (χ1) is 8.61. The van der Waals surface area contributed by atoms with E-state index in [0.717, 1.165) is 27.7 Å². The Labute approximate surface area is 114 Å². The van der Waals surface area contributed by atoms with Gasteiger partial charge in [0, 0.05) is 15.7 Å². The van der Waals surface area contributed by atoms with Gasteiger partial charge in [-0.25, -0.2) is 0 Å². The molecule has 0 radical (unpaired) electrons. The predicted molar refractivity (Wildman–Crippen MR) is 74.9 cm³/mol. The second-order valence-electron chi connectivity index (χ2n) is 4.04. The molecule has 0 bridgehead atoms. The first kappa shape index (κ1) is 12.9. The molecule has 0 saturated heterocycles. The minimum atomic E-state index is -0.213. The summed E-state index contributed by atoms with van der Waals surface area (Å²) in [5.41, 5.74) is 2.74. The van der Waals surface area contributed by atoms with Crippen LogP contribution < -0.4 is 5.32 Å². The second-order valence-corrected chi connectivity index (χ2v) is 4.96. The molecule has 18 heavy (non-hydrogen) atoms. The number of benzene rings is 1. The van der Waals surface area contributed by atoms with Crippen molar-refractivity contribution in [1.82, 2.24) is 0 Å². The fraction of sp³-hybridized carbons (Fsp3) is 0.214. The fourth-order valence-corrected chi connectivity index (χ4v) is 2.17. The van der Waals surface area contributed by atoms with Crippen LogP contribution in [0.5, 0.6) is 0 Å². The monoisotopic (exact) mass is 307 g/mol. The topological polar surface area (TPSA) is 42.2 Å². The van der Waals surface area contributed by atoms with Gasteiger partial charge in [-0.2, -0.15) is 0 Å². The van der Waals surface area contributed by atoms with Gasteiger partial charge in [-0.3, -0.25) is 4.79 Å². The molecule has 1 heterocycles. The van der Waals surface area contributed by atoms with Gasteiger partial charge < -0.3 is 9.73 Å². The molecule has 0 atom stereocenters. The van der Waals surface area contributed by atoms with Gasteiger partial charge in [-0.15, -0.1) is 0 Å². The largest absolute Gasteiger partial charge is 0.459 e. The average Bonchev–Trinajstić information content (AvgIpc) is 2.77. The maximum atomic E-state index is 12.0. The van der Waals surface area contributed by atoms with Crippen LogP contribution >= 0.6 is 15.9 Å². The van der Waals surface area contributed by atoms with Crippen molar-refractivity contribution in [3.63, 3.8) is 0 Å². The summed E-state index contributed by atoms with van der Waals surface area (Å²) in [6.07, 6.45) is 2.37. The van der Waals surface area contributed by atoms with Crippen molar-refractivity contribution >= 4 is 27.5 Å². The van der Waals surface area contributed by atoms with Crippen molar-refractivity contribution in [1.29, 1.82) is 0 Å². The van der Waals surface area contributed by atoms with Gasteiger partial charge in [0.15, 0.2) is 5.76 Å². The number of halogens is 1. The molecule has 3 nitrogen and oxygen atoms in total. The summed E-state index contributed by atoms with van der Waals surface area (Å²) < 4.78 is 6.18. The Hall–Kier alpha value is -1.55. The maximum absolute atomic E-state index is 12.0. The van der Waals surface area contributed by atoms with Crippen LogP contribution in [0.1, 0.15) is 28.6 Å². The third-order valence-electron chi connectivity index (χ3n) is 2.76. The highest BCUT2D eigenvalue weighted by atomic mass is 79.9. The standard InChI is InChI=1S/C14H14BrNO2/c1-3-10-8-11(15)4-5-12(10)16-14(17)13-9(2)6-7-18-13/h4-8H,3H2,1-2H3,(H,16,17). The molecule has 0 fully saturated rings. The van der Waals surface area contributed by atoms with Crippen LogP contribution in [0.4, 0.5) is 5.69 Å². The van der Waals surface area contributed by atoms with Crippen LogP contribution in [-0.4, -0.2) is 5.91 Å². The molecule has 0 aliphatic heterocycles. The Balaban J connectivity index is 2.24. The highest BCUT2D eigenvalue weighted by molar-refractivity contribution is 9.10. The molecule has 0 aliphatic rings. The lowest BCUT2D eigenvalue weighted by molar-refractivity contribution is 0.0996. The number of hydrogen-bond acceptors (Lipinski definition) is 2. The number of anilines is 1. The number of carbonyl (C=O) groups is 1. The highest BCUT2D eigenvalue weighted by Crippen LogP contribution is 2.22. The molecule has 2 rings (SSSR count). The molecule has 1 aromatic heterocycles. The van der Waals surface area contributed by atoms with Crippen molar-refractivity contribution in [3.05, 3.63) is 51.9 Å². The highest BCUT2D eigenvalue weighted by Gasteiger charge is 2.14. The van der Waals surface area contributed by atoms with Crippen molar-refractivity contribution in [3.8, 4) is 0 Å². The third-order valence-corrected chi connectivity index (χ3v) is 3.26. The number of amides is 1. The Morgan fingerprint density at radius 1 is 1.39 bits per heavy atom. The predicted octanol–water partition coefficient (Wildman–Crippen LogP) is 4.17. The number of aryl methyl sites for hydroxylation is 2. The smallest absolute Gasteiger partial charge is 0.291 e. The van der Waals surface area contributed by atoms with Crippen molar-refractivity contribution < 1.29 is 9.21 Å². The lowest BCUT2D eigenvalue weighted by Crippen LogP contribution is -2.13. The van der Waals surface area contributed by atoms with Crippen LogP contribution in [0.25, 0.3) is 0 Å². The zero-order valence-electron chi connectivity index (χ0n) is 10.3. The lowest BCUT2D eigenvalue weighted by atomic mass is 10.1. The summed E-state index contributed by atoms with van der Waals surface area (Å²) in [6.45, 7) is 3.90. The van der Waals surface area contributed by atoms with Crippen LogP contribution in [0.2, 0.25) is 0 Å². The number of furan rings is 1. The van der Waals surface area contributed by atoms with Gasteiger partial charge in [0.1, 0.15) is 0 Å². The number of hydrogen-bond donors (Lipinski definition) is 1. The molecule has 1 N–H and O–H groups in total. The second kappa shape index (κ2) is 5.40. The average molecular weight is 308 g/mol. The molecule has 0 aliphatic carbocycles. The van der Waals surface area contributed by atoms with E-state index in [0.29, 0.717) is 5.76 Å². The van der Waals surface area contributed by atoms with Gasteiger partial charge in [0.25, 0.3) is 5.91 Å². The van der Waals surface area contributed by atoms with Crippen molar-refractivity contribution in [2.45, 2.75) is 20.3 Å². The molecule has 0 unspecified atom stereocenters. The van der Waals surface area contributed by atoms with E-state index in [2.05, 4.69) is 28.2 Å². The minimum absolute atomic E-state index is 0.213. The van der Waals surface area contributed by atoms with Gasteiger partial charge in [0.2, 0.25) is 0 Å². The number of rotatable bonds is 3. The van der Waals surface area contributed by atoms with E-state index in [1.54, 1.807) is 6.07 Å². The van der Waals surface area contributed by atoms with Crippen LogP contribution in [0.3, 0.4) is 0 Å². The molecule has 1 amide bonds. The summed E-state index contributed by atoms with van der Waals surface area (Å²) in [6, 6.07) is 7.57. The summed E-state index contributed by atoms with van der Waals surface area (Å²) in [4.78, 5) is 12.0. The molecule has 94 valence electrons. The summed E-state index contributed by atoms with van der Waals surface area (Å²) >= 11 is 3.42. The van der Waals surface area contributed by atoms with Crippen molar-refractivity contribution in [2.75, 3.05) is 5.32 Å². The quantitative estimate of drug-likeness (QED) is 0.925. The first-order valence-electron chi connectivity index (χ1n) is 5.75. The van der Waals surface area contributed by atoms with Gasteiger partial charge >= 0.3 is 0 Å². The SMILES string of the molecule is CCc1cc(Br)ccc1NC(=O)c1occc1C. The van der Waals surface area contributed by atoms with Gasteiger partial charge in [-0.05, 0) is 43.2 Å². The normalized spacial score (nSPS) is 10.4. The Morgan fingerprint density at radius 2 is 2.17 bits per heavy atom. The molecule has 1 aromatic carbocycles. The Morgan fingerprint density at radius 3 is 2.78 bits per heavy atom. The number of carbonyl (C=O) groups excluding carboxylic acids is 1. The first-order valence-corrected chi connectivity index (χ1v) is 6.55. The van der Waals surface area contributed by atoms with Crippen LogP contribution in [0.15, 0.2) is 39.4 Å². The van der Waals surface area contributed by atoms with Crippen LogP contribution in [-0.2, 0) is 6.42 Å². The van der Waals surface area contributed by atoms with E-state index >= 15 is 0 Å². The van der Waals surface area contributed by atoms with E-state index in [1.165, 1.54) is 6.26 Å².